The van der Waals surface area contributed by atoms with Crippen molar-refractivity contribution in [2.45, 2.75) is 57.9 Å². The van der Waals surface area contributed by atoms with E-state index >= 15 is 0 Å². The van der Waals surface area contributed by atoms with E-state index in [9.17, 15) is 0 Å². The number of imidazole rings is 1. The van der Waals surface area contributed by atoms with Crippen molar-refractivity contribution in [3.63, 3.8) is 0 Å². The van der Waals surface area contributed by atoms with Gasteiger partial charge in [0.1, 0.15) is 0 Å². The van der Waals surface area contributed by atoms with Crippen LogP contribution in [0.1, 0.15) is 49.8 Å². The number of hydrogen-bond donors (Lipinski definition) is 1. The molecule has 0 aliphatic carbocycles. The summed E-state index contributed by atoms with van der Waals surface area (Å²) in [6.45, 7) is 1.03. The van der Waals surface area contributed by atoms with Gasteiger partial charge in [0, 0.05) is 31.1 Å². The van der Waals surface area contributed by atoms with Gasteiger partial charge >= 0.3 is 0 Å². The summed E-state index contributed by atoms with van der Waals surface area (Å²) >= 11 is 0. The van der Waals surface area contributed by atoms with Crippen molar-refractivity contribution in [1.82, 2.24) is 9.55 Å². The van der Waals surface area contributed by atoms with Gasteiger partial charge in [0.2, 0.25) is 0 Å². The van der Waals surface area contributed by atoms with Gasteiger partial charge in [-0.15, -0.1) is 0 Å². The number of aryl methyl sites for hydroxylation is 2. The first kappa shape index (κ1) is 16.5. The fourth-order valence-electron chi connectivity index (χ4n) is 2.79. The van der Waals surface area contributed by atoms with Crippen molar-refractivity contribution in [1.29, 1.82) is 5.41 Å². The maximum Gasteiger partial charge on any atom is 0.0948 e. The summed E-state index contributed by atoms with van der Waals surface area (Å²) in [6.07, 6.45) is 14.9. The van der Waals surface area contributed by atoms with Crippen molar-refractivity contribution in [2.75, 3.05) is 0 Å². The molecule has 0 atom stereocenters. The second-order valence-corrected chi connectivity index (χ2v) is 5.84. The van der Waals surface area contributed by atoms with E-state index in [0.717, 1.165) is 12.2 Å². The number of unbranched alkanes of at least 4 members (excludes halogenated alkanes) is 5. The van der Waals surface area contributed by atoms with Gasteiger partial charge < -0.3 is 9.98 Å². The third-order valence-corrected chi connectivity index (χ3v) is 4.07. The molecular formula is C19H27N3. The molecule has 0 aliphatic heterocycles. The number of nitrogens with one attached hydrogen (secondary N) is 1. The van der Waals surface area contributed by atoms with E-state index in [1.165, 1.54) is 56.7 Å². The Morgan fingerprint density at radius 2 is 1.68 bits per heavy atom. The highest BCUT2D eigenvalue weighted by atomic mass is 15.0. The zero-order valence-corrected chi connectivity index (χ0v) is 13.4. The van der Waals surface area contributed by atoms with Crippen LogP contribution in [0, 0.1) is 5.41 Å². The molecular weight excluding hydrogens is 270 g/mol. The molecule has 0 aliphatic rings. The summed E-state index contributed by atoms with van der Waals surface area (Å²) < 4.78 is 2.18. The average Bonchev–Trinajstić information content (AvgIpc) is 2.99. The van der Waals surface area contributed by atoms with Crippen LogP contribution in [-0.4, -0.2) is 15.8 Å². The minimum Gasteiger partial charge on any atom is -0.334 e. The molecule has 22 heavy (non-hydrogen) atoms. The van der Waals surface area contributed by atoms with Gasteiger partial charge in [0.15, 0.2) is 0 Å². The Balaban J connectivity index is 1.49. The second-order valence-electron chi connectivity index (χ2n) is 5.84. The molecule has 0 spiro atoms. The van der Waals surface area contributed by atoms with Crippen molar-refractivity contribution in [3.8, 4) is 0 Å². The lowest BCUT2D eigenvalue weighted by atomic mass is 10.0. The molecule has 0 radical (unpaired) electrons. The quantitative estimate of drug-likeness (QED) is 0.476. The first-order chi connectivity index (χ1) is 10.9. The summed E-state index contributed by atoms with van der Waals surface area (Å²) in [5.74, 6) is 0. The van der Waals surface area contributed by atoms with Gasteiger partial charge in [-0.05, 0) is 24.8 Å². The number of benzene rings is 1. The topological polar surface area (TPSA) is 41.7 Å². The first-order valence-electron chi connectivity index (χ1n) is 8.42. The maximum absolute atomic E-state index is 7.18. The van der Waals surface area contributed by atoms with Crippen LogP contribution in [0.15, 0.2) is 42.9 Å². The Bertz CT molecular complexity index is 531. The largest absolute Gasteiger partial charge is 0.334 e. The lowest BCUT2D eigenvalue weighted by Gasteiger charge is -2.06. The van der Waals surface area contributed by atoms with Crippen molar-refractivity contribution < 1.29 is 0 Å². The Morgan fingerprint density at radius 1 is 0.955 bits per heavy atom. The standard InChI is InChI=1S/C19H27N3/c20-14-13-19-16-21-17-22(19)15-9-4-2-1-3-6-10-18-11-7-5-8-12-18/h5,7-8,11-12,14,16-17,20H,1-4,6,9-10,13,15H2. The molecule has 0 unspecified atom stereocenters. The summed E-state index contributed by atoms with van der Waals surface area (Å²) in [5.41, 5.74) is 2.61. The van der Waals surface area contributed by atoms with Crippen LogP contribution in [0.4, 0.5) is 0 Å². The molecule has 0 amide bonds. The molecule has 0 saturated heterocycles. The second kappa shape index (κ2) is 9.93. The van der Waals surface area contributed by atoms with Crippen molar-refractivity contribution >= 4 is 6.21 Å². The monoisotopic (exact) mass is 297 g/mol. The van der Waals surface area contributed by atoms with Crippen LogP contribution in [0.5, 0.6) is 0 Å². The zero-order valence-electron chi connectivity index (χ0n) is 13.4. The fourth-order valence-corrected chi connectivity index (χ4v) is 2.79. The van der Waals surface area contributed by atoms with E-state index in [4.69, 9.17) is 5.41 Å². The van der Waals surface area contributed by atoms with Crippen LogP contribution in [0.2, 0.25) is 0 Å². The fraction of sp³-hybridized carbons (Fsp3) is 0.474. The zero-order chi connectivity index (χ0) is 15.5. The summed E-state index contributed by atoms with van der Waals surface area (Å²) in [4.78, 5) is 4.17. The molecule has 1 heterocycles. The molecule has 3 nitrogen and oxygen atoms in total. The highest BCUT2D eigenvalue weighted by Gasteiger charge is 2.00. The highest BCUT2D eigenvalue weighted by molar-refractivity contribution is 5.56. The van der Waals surface area contributed by atoms with Crippen LogP contribution in [0.25, 0.3) is 0 Å². The third kappa shape index (κ3) is 5.84. The van der Waals surface area contributed by atoms with Crippen molar-refractivity contribution in [3.05, 3.63) is 54.1 Å². The van der Waals surface area contributed by atoms with Crippen LogP contribution >= 0.6 is 0 Å². The highest BCUT2D eigenvalue weighted by Crippen LogP contribution is 2.11. The Labute approximate surface area is 133 Å². The molecule has 1 aromatic heterocycles. The van der Waals surface area contributed by atoms with Gasteiger partial charge in [-0.25, -0.2) is 4.98 Å². The van der Waals surface area contributed by atoms with Crippen LogP contribution in [-0.2, 0) is 19.4 Å². The number of aromatic nitrogens is 2. The lowest BCUT2D eigenvalue weighted by Crippen LogP contribution is -2.02. The molecule has 3 heteroatoms. The van der Waals surface area contributed by atoms with Crippen LogP contribution in [0.3, 0.4) is 0 Å². The predicted molar refractivity (Wildman–Crippen MR) is 92.6 cm³/mol. The Hall–Kier alpha value is -1.90. The average molecular weight is 297 g/mol. The van der Waals surface area contributed by atoms with Gasteiger partial charge in [-0.2, -0.15) is 0 Å². The SMILES string of the molecule is N=CCc1cncn1CCCCCCCCc1ccccc1. The van der Waals surface area contributed by atoms with E-state index < -0.39 is 0 Å². The first-order valence-corrected chi connectivity index (χ1v) is 8.42. The van der Waals surface area contributed by atoms with E-state index in [1.54, 1.807) is 0 Å². The molecule has 0 saturated carbocycles. The molecule has 2 aromatic rings. The van der Waals surface area contributed by atoms with Gasteiger partial charge in [0.25, 0.3) is 0 Å². The smallest absolute Gasteiger partial charge is 0.0948 e. The van der Waals surface area contributed by atoms with Gasteiger partial charge in [-0.1, -0.05) is 56.0 Å². The van der Waals surface area contributed by atoms with E-state index in [0.29, 0.717) is 6.42 Å². The van der Waals surface area contributed by atoms with Gasteiger partial charge in [0.05, 0.1) is 6.33 Å². The number of rotatable bonds is 11. The summed E-state index contributed by atoms with van der Waals surface area (Å²) in [6, 6.07) is 10.8. The molecule has 118 valence electrons. The Kier molecular flexibility index (Phi) is 7.44. The summed E-state index contributed by atoms with van der Waals surface area (Å²) in [5, 5.41) is 7.18. The minimum atomic E-state index is 0.694. The van der Waals surface area contributed by atoms with Gasteiger partial charge in [-0.3, -0.25) is 0 Å². The number of nitrogens with zero attached hydrogens (tertiary/aromatic N) is 2. The predicted octanol–water partition coefficient (Wildman–Crippen LogP) is 4.66. The minimum absolute atomic E-state index is 0.694. The van der Waals surface area contributed by atoms with Crippen LogP contribution < -0.4 is 0 Å². The molecule has 1 N–H and O–H groups in total. The third-order valence-electron chi connectivity index (χ3n) is 4.07. The van der Waals surface area contributed by atoms with Crippen molar-refractivity contribution in [2.24, 2.45) is 0 Å². The van der Waals surface area contributed by atoms with E-state index in [-0.39, 0.29) is 0 Å². The van der Waals surface area contributed by atoms with E-state index in [1.807, 2.05) is 12.5 Å². The summed E-state index contributed by atoms with van der Waals surface area (Å²) in [7, 11) is 0. The van der Waals surface area contributed by atoms with E-state index in [2.05, 4.69) is 39.9 Å². The molecule has 2 rings (SSSR count). The molecule has 0 fully saturated rings. The lowest BCUT2D eigenvalue weighted by molar-refractivity contribution is 0.546. The normalized spacial score (nSPS) is 10.7. The molecule has 0 bridgehead atoms. The Morgan fingerprint density at radius 3 is 2.45 bits per heavy atom. The maximum atomic E-state index is 7.18. The number of hydrogen-bond acceptors (Lipinski definition) is 2. The molecule has 1 aromatic carbocycles.